The first-order chi connectivity index (χ1) is 7.18. The van der Waals surface area contributed by atoms with Crippen molar-refractivity contribution in [3.05, 3.63) is 36.4 Å². The van der Waals surface area contributed by atoms with Crippen LogP contribution in [0, 0.1) is 0 Å². The zero-order valence-electron chi connectivity index (χ0n) is 7.53. The molecule has 1 aromatic heterocycles. The van der Waals surface area contributed by atoms with Gasteiger partial charge < -0.3 is 10.2 Å². The molecule has 0 radical (unpaired) electrons. The number of carbonyl (C=O) groups is 1. The number of rotatable bonds is 2. The Bertz CT molecular complexity index is 493. The fourth-order valence-corrected chi connectivity index (χ4v) is 1.18. The topological polar surface area (TPSA) is 88.2 Å². The lowest BCUT2D eigenvalue weighted by Crippen LogP contribution is -1.99. The van der Waals surface area contributed by atoms with E-state index >= 15 is 0 Å². The number of hydrogen-bond donors (Lipinski definition) is 2. The summed E-state index contributed by atoms with van der Waals surface area (Å²) in [4.78, 5) is 14.4. The van der Waals surface area contributed by atoms with E-state index in [1.165, 1.54) is 35.5 Å². The van der Waals surface area contributed by atoms with Gasteiger partial charge in [-0.1, -0.05) is 0 Å². The fraction of sp³-hybridized carbons (Fsp3) is 0. The molecule has 1 heterocycles. The minimum atomic E-state index is -1.17. The highest BCUT2D eigenvalue weighted by Crippen LogP contribution is 2.20. The van der Waals surface area contributed by atoms with Crippen molar-refractivity contribution in [1.29, 1.82) is 0 Å². The van der Waals surface area contributed by atoms with Crippen LogP contribution in [-0.4, -0.2) is 30.9 Å². The molecule has 2 aromatic rings. The molecule has 0 atom stereocenters. The van der Waals surface area contributed by atoms with Crippen molar-refractivity contribution in [1.82, 2.24) is 14.8 Å². The van der Waals surface area contributed by atoms with Gasteiger partial charge in [0.2, 0.25) is 0 Å². The van der Waals surface area contributed by atoms with Gasteiger partial charge in [-0.15, -0.1) is 0 Å². The third kappa shape index (κ3) is 1.64. The molecule has 6 heteroatoms. The van der Waals surface area contributed by atoms with Crippen LogP contribution in [0.5, 0.6) is 5.75 Å². The third-order valence-electron chi connectivity index (χ3n) is 1.90. The first kappa shape index (κ1) is 9.20. The monoisotopic (exact) mass is 205 g/mol. The van der Waals surface area contributed by atoms with Crippen molar-refractivity contribution in [2.24, 2.45) is 0 Å². The Balaban J connectivity index is 2.47. The van der Waals surface area contributed by atoms with Crippen LogP contribution in [0.15, 0.2) is 30.9 Å². The summed E-state index contributed by atoms with van der Waals surface area (Å²) >= 11 is 0. The van der Waals surface area contributed by atoms with E-state index in [1.54, 1.807) is 0 Å². The Kier molecular flexibility index (Phi) is 2.09. The number of phenols is 1. The summed E-state index contributed by atoms with van der Waals surface area (Å²) in [7, 11) is 0. The number of nitrogens with zero attached hydrogens (tertiary/aromatic N) is 3. The fourth-order valence-electron chi connectivity index (χ4n) is 1.18. The summed E-state index contributed by atoms with van der Waals surface area (Å²) in [5.74, 6) is -1.46. The van der Waals surface area contributed by atoms with Crippen molar-refractivity contribution in [3.8, 4) is 11.4 Å². The normalized spacial score (nSPS) is 10.1. The molecule has 0 amide bonds. The standard InChI is InChI=1S/C9H7N3O3/c13-8-3-6(12-5-10-4-11-12)1-2-7(8)9(14)15/h1-5,13H,(H,14,15). The third-order valence-corrected chi connectivity index (χ3v) is 1.90. The number of carboxylic acids is 1. The van der Waals surface area contributed by atoms with Crippen LogP contribution in [0.2, 0.25) is 0 Å². The van der Waals surface area contributed by atoms with E-state index < -0.39 is 5.97 Å². The van der Waals surface area contributed by atoms with Crippen LogP contribution in [0.25, 0.3) is 5.69 Å². The Labute approximate surface area is 84.4 Å². The molecule has 0 saturated carbocycles. The molecule has 76 valence electrons. The number of benzene rings is 1. The minimum absolute atomic E-state index is 0.140. The zero-order chi connectivity index (χ0) is 10.8. The Morgan fingerprint density at radius 1 is 1.40 bits per heavy atom. The number of carboxylic acid groups (broad SMARTS) is 1. The maximum absolute atomic E-state index is 10.6. The first-order valence-corrected chi connectivity index (χ1v) is 4.10. The lowest BCUT2D eigenvalue weighted by molar-refractivity contribution is 0.0694. The summed E-state index contributed by atoms with van der Waals surface area (Å²) in [6.07, 6.45) is 2.80. The van der Waals surface area contributed by atoms with Crippen LogP contribution in [0.1, 0.15) is 10.4 Å². The maximum atomic E-state index is 10.6. The van der Waals surface area contributed by atoms with E-state index in [9.17, 15) is 9.90 Å². The van der Waals surface area contributed by atoms with Crippen molar-refractivity contribution < 1.29 is 15.0 Å². The van der Waals surface area contributed by atoms with Crippen LogP contribution in [0.4, 0.5) is 0 Å². The largest absolute Gasteiger partial charge is 0.507 e. The highest BCUT2D eigenvalue weighted by atomic mass is 16.4. The zero-order valence-corrected chi connectivity index (χ0v) is 7.53. The van der Waals surface area contributed by atoms with Gasteiger partial charge in [0.25, 0.3) is 0 Å². The van der Waals surface area contributed by atoms with E-state index in [2.05, 4.69) is 10.1 Å². The molecule has 0 aliphatic rings. The van der Waals surface area contributed by atoms with Crippen LogP contribution < -0.4 is 0 Å². The molecule has 2 rings (SSSR count). The quantitative estimate of drug-likeness (QED) is 0.752. The molecular weight excluding hydrogens is 198 g/mol. The lowest BCUT2D eigenvalue weighted by atomic mass is 10.2. The second kappa shape index (κ2) is 3.41. The number of aromatic nitrogens is 3. The Morgan fingerprint density at radius 2 is 2.20 bits per heavy atom. The molecule has 0 bridgehead atoms. The van der Waals surface area contributed by atoms with Gasteiger partial charge in [-0.3, -0.25) is 0 Å². The molecule has 15 heavy (non-hydrogen) atoms. The molecule has 1 aromatic carbocycles. The summed E-state index contributed by atoms with van der Waals surface area (Å²) in [6, 6.07) is 4.17. The van der Waals surface area contributed by atoms with Crippen LogP contribution >= 0.6 is 0 Å². The minimum Gasteiger partial charge on any atom is -0.507 e. The van der Waals surface area contributed by atoms with Crippen molar-refractivity contribution in [2.45, 2.75) is 0 Å². The van der Waals surface area contributed by atoms with Crippen LogP contribution in [0.3, 0.4) is 0 Å². The highest BCUT2D eigenvalue weighted by Gasteiger charge is 2.10. The van der Waals surface area contributed by atoms with E-state index in [0.717, 1.165) is 0 Å². The van der Waals surface area contributed by atoms with Gasteiger partial charge in [-0.05, 0) is 12.1 Å². The van der Waals surface area contributed by atoms with Crippen LogP contribution in [-0.2, 0) is 0 Å². The number of aromatic hydroxyl groups is 1. The van der Waals surface area contributed by atoms with Crippen molar-refractivity contribution >= 4 is 5.97 Å². The molecule has 0 fully saturated rings. The summed E-state index contributed by atoms with van der Waals surface area (Å²) in [5, 5.41) is 22.0. The van der Waals surface area contributed by atoms with Gasteiger partial charge in [0, 0.05) is 6.07 Å². The second-order valence-corrected chi connectivity index (χ2v) is 2.85. The number of aromatic carboxylic acids is 1. The van der Waals surface area contributed by atoms with E-state index in [1.807, 2.05) is 0 Å². The summed E-state index contributed by atoms with van der Waals surface area (Å²) < 4.78 is 1.42. The van der Waals surface area contributed by atoms with Gasteiger partial charge in [-0.2, -0.15) is 5.10 Å². The average Bonchev–Trinajstić information content (AvgIpc) is 2.69. The predicted octanol–water partition coefficient (Wildman–Crippen LogP) is 0.671. The highest BCUT2D eigenvalue weighted by molar-refractivity contribution is 5.91. The van der Waals surface area contributed by atoms with E-state index in [-0.39, 0.29) is 11.3 Å². The smallest absolute Gasteiger partial charge is 0.339 e. The van der Waals surface area contributed by atoms with Gasteiger partial charge in [0.15, 0.2) is 0 Å². The van der Waals surface area contributed by atoms with Gasteiger partial charge in [0.1, 0.15) is 24.0 Å². The molecule has 0 unspecified atom stereocenters. The SMILES string of the molecule is O=C(O)c1ccc(-n2cncn2)cc1O. The molecule has 0 saturated heterocycles. The Hall–Kier alpha value is -2.37. The molecular formula is C9H7N3O3. The average molecular weight is 205 g/mol. The van der Waals surface area contributed by atoms with E-state index in [4.69, 9.17) is 5.11 Å². The molecule has 2 N–H and O–H groups in total. The van der Waals surface area contributed by atoms with E-state index in [0.29, 0.717) is 5.69 Å². The molecule has 0 aliphatic carbocycles. The van der Waals surface area contributed by atoms with Gasteiger partial charge in [-0.25, -0.2) is 14.5 Å². The lowest BCUT2D eigenvalue weighted by Gasteiger charge is -2.03. The molecule has 0 spiro atoms. The first-order valence-electron chi connectivity index (χ1n) is 4.10. The molecule has 6 nitrogen and oxygen atoms in total. The Morgan fingerprint density at radius 3 is 2.73 bits per heavy atom. The second-order valence-electron chi connectivity index (χ2n) is 2.85. The van der Waals surface area contributed by atoms with Gasteiger partial charge >= 0.3 is 5.97 Å². The maximum Gasteiger partial charge on any atom is 0.339 e. The molecule has 0 aliphatic heterocycles. The van der Waals surface area contributed by atoms with Crippen molar-refractivity contribution in [2.75, 3.05) is 0 Å². The summed E-state index contributed by atoms with van der Waals surface area (Å²) in [6.45, 7) is 0. The predicted molar refractivity (Wildman–Crippen MR) is 50.0 cm³/mol. The number of hydrogen-bond acceptors (Lipinski definition) is 4. The van der Waals surface area contributed by atoms with Gasteiger partial charge in [0.05, 0.1) is 5.69 Å². The summed E-state index contributed by atoms with van der Waals surface area (Å²) in [5.41, 5.74) is 0.411. The van der Waals surface area contributed by atoms with Crippen molar-refractivity contribution in [3.63, 3.8) is 0 Å².